The highest BCUT2D eigenvalue weighted by Crippen LogP contribution is 2.31. The maximum Gasteiger partial charge on any atom is 0.328 e. The van der Waals surface area contributed by atoms with E-state index in [1.165, 1.54) is 4.68 Å². The molecular formula is C12H6Br2ClN5O. The van der Waals surface area contributed by atoms with Gasteiger partial charge in [-0.3, -0.25) is 0 Å². The second-order valence-electron chi connectivity index (χ2n) is 3.81. The summed E-state index contributed by atoms with van der Waals surface area (Å²) in [4.78, 5) is 12.1. The number of hydrogen-bond acceptors (Lipinski definition) is 5. The van der Waals surface area contributed by atoms with E-state index in [0.717, 1.165) is 8.95 Å². The first-order valence-electron chi connectivity index (χ1n) is 5.66. The number of benzene rings is 1. The molecule has 0 saturated heterocycles. The van der Waals surface area contributed by atoms with Crippen LogP contribution in [0, 0.1) is 0 Å². The van der Waals surface area contributed by atoms with Gasteiger partial charge in [0.2, 0.25) is 5.28 Å². The number of nitrogens with zero attached hydrogens (tertiary/aromatic N) is 5. The van der Waals surface area contributed by atoms with Crippen LogP contribution in [0.3, 0.4) is 0 Å². The minimum Gasteiger partial charge on any atom is -0.423 e. The average molecular weight is 431 g/mol. The summed E-state index contributed by atoms with van der Waals surface area (Å²) in [5.41, 5.74) is 0. The van der Waals surface area contributed by atoms with Crippen LogP contribution < -0.4 is 4.74 Å². The molecule has 0 aliphatic carbocycles. The van der Waals surface area contributed by atoms with E-state index in [1.54, 1.807) is 24.5 Å². The standard InChI is InChI=1S/C12H6Br2ClN5O/c13-7-2-3-9(8(14)6-7)21-12-18-10(15)17-11(19-12)20-5-1-4-16-20/h1-6H. The summed E-state index contributed by atoms with van der Waals surface area (Å²) in [6.07, 6.45) is 3.31. The van der Waals surface area contributed by atoms with Crippen LogP contribution in [-0.4, -0.2) is 24.7 Å². The van der Waals surface area contributed by atoms with Crippen molar-refractivity contribution in [2.24, 2.45) is 0 Å². The van der Waals surface area contributed by atoms with Crippen LogP contribution >= 0.6 is 43.5 Å². The lowest BCUT2D eigenvalue weighted by Crippen LogP contribution is -2.05. The average Bonchev–Trinajstić information content (AvgIpc) is 2.95. The highest BCUT2D eigenvalue weighted by molar-refractivity contribution is 9.11. The van der Waals surface area contributed by atoms with Gasteiger partial charge in [0.05, 0.1) is 4.47 Å². The Labute approximate surface area is 141 Å². The second-order valence-corrected chi connectivity index (χ2v) is 5.92. The van der Waals surface area contributed by atoms with Gasteiger partial charge in [0.25, 0.3) is 5.95 Å². The Bertz CT molecular complexity index is 781. The predicted octanol–water partition coefficient (Wildman–Crippen LogP) is 4.03. The molecular weight excluding hydrogens is 425 g/mol. The van der Waals surface area contributed by atoms with E-state index in [9.17, 15) is 0 Å². The molecule has 3 rings (SSSR count). The Hall–Kier alpha value is -1.51. The Morgan fingerprint density at radius 2 is 2.00 bits per heavy atom. The summed E-state index contributed by atoms with van der Waals surface area (Å²) in [6.45, 7) is 0. The number of halogens is 3. The molecule has 9 heteroatoms. The predicted molar refractivity (Wildman–Crippen MR) is 83.9 cm³/mol. The number of ether oxygens (including phenoxy) is 1. The van der Waals surface area contributed by atoms with Crippen LogP contribution in [0.1, 0.15) is 0 Å². The van der Waals surface area contributed by atoms with Crippen molar-refractivity contribution in [2.75, 3.05) is 0 Å². The number of rotatable bonds is 3. The molecule has 0 spiro atoms. The maximum absolute atomic E-state index is 5.90. The van der Waals surface area contributed by atoms with Crippen LogP contribution in [0.2, 0.25) is 5.28 Å². The van der Waals surface area contributed by atoms with Crippen molar-refractivity contribution >= 4 is 43.5 Å². The molecule has 0 bridgehead atoms. The molecule has 0 aliphatic heterocycles. The third-order valence-corrected chi connectivity index (χ3v) is 3.66. The van der Waals surface area contributed by atoms with E-state index in [4.69, 9.17) is 16.3 Å². The van der Waals surface area contributed by atoms with Gasteiger partial charge in [0.15, 0.2) is 0 Å². The van der Waals surface area contributed by atoms with Gasteiger partial charge >= 0.3 is 6.01 Å². The largest absolute Gasteiger partial charge is 0.423 e. The molecule has 1 aromatic carbocycles. The molecule has 0 saturated carbocycles. The normalized spacial score (nSPS) is 10.6. The van der Waals surface area contributed by atoms with Crippen LogP contribution in [0.5, 0.6) is 11.8 Å². The van der Waals surface area contributed by atoms with Gasteiger partial charge < -0.3 is 4.74 Å². The van der Waals surface area contributed by atoms with Crippen molar-refractivity contribution in [3.63, 3.8) is 0 Å². The molecule has 3 aromatic rings. The summed E-state index contributed by atoms with van der Waals surface area (Å²) < 4.78 is 8.78. The summed E-state index contributed by atoms with van der Waals surface area (Å²) >= 11 is 12.7. The van der Waals surface area contributed by atoms with Gasteiger partial charge in [0, 0.05) is 16.9 Å². The SMILES string of the molecule is Clc1nc(Oc2ccc(Br)cc2Br)nc(-n2cccn2)n1. The van der Waals surface area contributed by atoms with E-state index >= 15 is 0 Å². The first-order valence-corrected chi connectivity index (χ1v) is 7.63. The number of hydrogen-bond donors (Lipinski definition) is 0. The van der Waals surface area contributed by atoms with E-state index in [1.807, 2.05) is 12.1 Å². The van der Waals surface area contributed by atoms with Gasteiger partial charge in [-0.15, -0.1) is 0 Å². The Balaban J connectivity index is 1.95. The van der Waals surface area contributed by atoms with E-state index in [-0.39, 0.29) is 17.2 Å². The fraction of sp³-hybridized carbons (Fsp3) is 0. The zero-order valence-electron chi connectivity index (χ0n) is 10.2. The van der Waals surface area contributed by atoms with Crippen molar-refractivity contribution in [1.82, 2.24) is 24.7 Å². The van der Waals surface area contributed by atoms with Gasteiger partial charge in [-0.2, -0.15) is 20.1 Å². The Kier molecular flexibility index (Phi) is 4.18. The van der Waals surface area contributed by atoms with Gasteiger partial charge in [0.1, 0.15) is 5.75 Å². The molecule has 21 heavy (non-hydrogen) atoms. The van der Waals surface area contributed by atoms with Crippen LogP contribution in [0.15, 0.2) is 45.6 Å². The van der Waals surface area contributed by atoms with E-state index < -0.39 is 0 Å². The molecule has 0 aliphatic rings. The van der Waals surface area contributed by atoms with Crippen molar-refractivity contribution < 1.29 is 4.74 Å². The van der Waals surface area contributed by atoms with E-state index in [0.29, 0.717) is 5.75 Å². The molecule has 106 valence electrons. The lowest BCUT2D eigenvalue weighted by atomic mass is 10.3. The highest BCUT2D eigenvalue weighted by atomic mass is 79.9. The third-order valence-electron chi connectivity index (χ3n) is 2.38. The molecule has 0 radical (unpaired) electrons. The minimum atomic E-state index is 0.0266. The molecule has 0 N–H and O–H groups in total. The highest BCUT2D eigenvalue weighted by Gasteiger charge is 2.11. The number of aromatic nitrogens is 5. The quantitative estimate of drug-likeness (QED) is 0.627. The lowest BCUT2D eigenvalue weighted by molar-refractivity contribution is 0.434. The molecule has 0 unspecified atom stereocenters. The summed E-state index contributed by atoms with van der Waals surface area (Å²) in [5.74, 6) is 0.843. The first kappa shape index (κ1) is 14.4. The Morgan fingerprint density at radius 1 is 1.14 bits per heavy atom. The van der Waals surface area contributed by atoms with Gasteiger partial charge in [-0.05, 0) is 51.8 Å². The molecule has 6 nitrogen and oxygen atoms in total. The molecule has 0 fully saturated rings. The molecule has 0 atom stereocenters. The van der Waals surface area contributed by atoms with Crippen LogP contribution in [0.25, 0.3) is 5.95 Å². The van der Waals surface area contributed by atoms with Gasteiger partial charge in [-0.25, -0.2) is 4.68 Å². The van der Waals surface area contributed by atoms with Crippen molar-refractivity contribution in [3.8, 4) is 17.7 Å². The smallest absolute Gasteiger partial charge is 0.328 e. The van der Waals surface area contributed by atoms with Gasteiger partial charge in [-0.1, -0.05) is 15.9 Å². The molecule has 2 aromatic heterocycles. The summed E-state index contributed by atoms with van der Waals surface area (Å²) in [5, 5.41) is 4.07. The van der Waals surface area contributed by atoms with Crippen LogP contribution in [0.4, 0.5) is 0 Å². The van der Waals surface area contributed by atoms with Crippen molar-refractivity contribution in [2.45, 2.75) is 0 Å². The third kappa shape index (κ3) is 3.39. The first-order chi connectivity index (χ1) is 10.1. The molecule has 2 heterocycles. The van der Waals surface area contributed by atoms with E-state index in [2.05, 4.69) is 51.9 Å². The second kappa shape index (κ2) is 6.08. The fourth-order valence-corrected chi connectivity index (χ4v) is 2.79. The maximum atomic E-state index is 5.90. The summed E-state index contributed by atoms with van der Waals surface area (Å²) in [7, 11) is 0. The van der Waals surface area contributed by atoms with Crippen LogP contribution in [-0.2, 0) is 0 Å². The fourth-order valence-electron chi connectivity index (χ4n) is 1.51. The van der Waals surface area contributed by atoms with Crippen molar-refractivity contribution in [1.29, 1.82) is 0 Å². The monoisotopic (exact) mass is 429 g/mol. The zero-order valence-corrected chi connectivity index (χ0v) is 14.2. The lowest BCUT2D eigenvalue weighted by Gasteiger charge is -2.07. The molecule has 0 amide bonds. The topological polar surface area (TPSA) is 65.7 Å². The zero-order chi connectivity index (χ0) is 14.8. The summed E-state index contributed by atoms with van der Waals surface area (Å²) in [6, 6.07) is 7.32. The van der Waals surface area contributed by atoms with Crippen molar-refractivity contribution in [3.05, 3.63) is 50.9 Å². The Morgan fingerprint density at radius 3 is 2.71 bits per heavy atom. The minimum absolute atomic E-state index is 0.0266.